The molecule has 0 aromatic carbocycles. The molecule has 1 saturated carbocycles. The highest BCUT2D eigenvalue weighted by molar-refractivity contribution is 5.94. The average molecular weight is 205 g/mol. The summed E-state index contributed by atoms with van der Waals surface area (Å²) in [4.78, 5) is 17.9. The van der Waals surface area contributed by atoms with E-state index in [0.717, 1.165) is 12.8 Å². The fraction of sp³-hybridized carbons (Fsp3) is 0.455. The quantitative estimate of drug-likeness (QED) is 0.785. The van der Waals surface area contributed by atoms with E-state index >= 15 is 0 Å². The van der Waals surface area contributed by atoms with Crippen molar-refractivity contribution in [3.05, 3.63) is 30.1 Å². The highest BCUT2D eigenvalue weighted by Crippen LogP contribution is 2.27. The monoisotopic (exact) mass is 205 g/mol. The summed E-state index contributed by atoms with van der Waals surface area (Å²) in [5.74, 6) is 0.0519. The molecule has 15 heavy (non-hydrogen) atoms. The zero-order valence-corrected chi connectivity index (χ0v) is 8.60. The fourth-order valence-corrected chi connectivity index (χ4v) is 1.63. The molecule has 0 saturated heterocycles. The number of nitrogens with zero attached hydrogens (tertiary/aromatic N) is 2. The van der Waals surface area contributed by atoms with Crippen molar-refractivity contribution in [3.63, 3.8) is 0 Å². The van der Waals surface area contributed by atoms with Crippen LogP contribution in [0.15, 0.2) is 24.5 Å². The first-order chi connectivity index (χ1) is 7.33. The van der Waals surface area contributed by atoms with Crippen molar-refractivity contribution in [1.82, 2.24) is 9.88 Å². The molecule has 1 fully saturated rings. The van der Waals surface area contributed by atoms with Gasteiger partial charge in [-0.2, -0.15) is 0 Å². The smallest absolute Gasteiger partial charge is 0.255 e. The third-order valence-corrected chi connectivity index (χ3v) is 2.53. The second kappa shape index (κ2) is 4.40. The first-order valence-electron chi connectivity index (χ1n) is 5.24. The Morgan fingerprint density at radius 1 is 1.60 bits per heavy atom. The molecule has 0 radical (unpaired) electrons. The number of carbonyl (C=O) groups excluding carboxylic acids is 1. The van der Waals surface area contributed by atoms with E-state index in [1.807, 2.05) is 4.90 Å². The van der Waals surface area contributed by atoms with Crippen LogP contribution in [-0.4, -0.2) is 34.9 Å². The Morgan fingerprint density at radius 2 is 2.40 bits per heavy atom. The molecule has 0 unspecified atom stereocenters. The predicted octanol–water partition coefficient (Wildman–Crippen LogP) is 0.645. The van der Waals surface area contributed by atoms with E-state index < -0.39 is 0 Å². The fourth-order valence-electron chi connectivity index (χ4n) is 1.63. The molecule has 1 heterocycles. The maximum absolute atomic E-state index is 12.0. The summed E-state index contributed by atoms with van der Waals surface area (Å²) >= 11 is 0. The number of pyridine rings is 1. The van der Waals surface area contributed by atoms with Gasteiger partial charge in [-0.15, -0.1) is 0 Å². The summed E-state index contributed by atoms with van der Waals surface area (Å²) in [6.07, 6.45) is 5.48. The van der Waals surface area contributed by atoms with Gasteiger partial charge in [-0.3, -0.25) is 9.78 Å². The predicted molar refractivity (Wildman–Crippen MR) is 57.3 cm³/mol. The summed E-state index contributed by atoms with van der Waals surface area (Å²) in [7, 11) is 0. The Balaban J connectivity index is 2.10. The molecule has 4 heteroatoms. The minimum absolute atomic E-state index is 0.0519. The van der Waals surface area contributed by atoms with E-state index in [2.05, 4.69) is 4.98 Å². The molecule has 0 aliphatic heterocycles. The van der Waals surface area contributed by atoms with Crippen LogP contribution in [0.1, 0.15) is 23.2 Å². The first-order valence-corrected chi connectivity index (χ1v) is 5.24. The molecule has 1 amide bonds. The normalized spacial score (nSPS) is 15.0. The lowest BCUT2D eigenvalue weighted by Gasteiger charge is -2.21. The molecule has 4 nitrogen and oxygen atoms in total. The van der Waals surface area contributed by atoms with E-state index in [9.17, 15) is 4.79 Å². The van der Waals surface area contributed by atoms with Crippen LogP contribution >= 0.6 is 0 Å². The van der Waals surface area contributed by atoms with E-state index in [0.29, 0.717) is 24.7 Å². The lowest BCUT2D eigenvalue weighted by atomic mass is 10.2. The average Bonchev–Trinajstić information content (AvgIpc) is 3.10. The summed E-state index contributed by atoms with van der Waals surface area (Å²) < 4.78 is 0. The number of rotatable bonds is 4. The van der Waals surface area contributed by atoms with Gasteiger partial charge < -0.3 is 10.6 Å². The van der Waals surface area contributed by atoms with Crippen molar-refractivity contribution in [3.8, 4) is 0 Å². The van der Waals surface area contributed by atoms with Crippen LogP contribution < -0.4 is 5.73 Å². The van der Waals surface area contributed by atoms with Crippen LogP contribution in [0.25, 0.3) is 0 Å². The summed E-state index contributed by atoms with van der Waals surface area (Å²) in [6.45, 7) is 1.15. The Hall–Kier alpha value is -1.42. The zero-order valence-electron chi connectivity index (χ0n) is 8.60. The number of nitrogens with two attached hydrogens (primary N) is 1. The van der Waals surface area contributed by atoms with Crippen LogP contribution in [0.4, 0.5) is 0 Å². The first kappa shape index (κ1) is 10.1. The van der Waals surface area contributed by atoms with Gasteiger partial charge in [0.2, 0.25) is 0 Å². The van der Waals surface area contributed by atoms with Gasteiger partial charge in [-0.05, 0) is 25.0 Å². The Morgan fingerprint density at radius 3 is 2.93 bits per heavy atom. The van der Waals surface area contributed by atoms with E-state index in [1.54, 1.807) is 24.5 Å². The molecule has 2 rings (SSSR count). The lowest BCUT2D eigenvalue weighted by Crippen LogP contribution is -2.37. The van der Waals surface area contributed by atoms with Crippen LogP contribution in [-0.2, 0) is 0 Å². The Bertz CT molecular complexity index is 335. The molecular formula is C11H15N3O. The second-order valence-electron chi connectivity index (χ2n) is 3.76. The molecular weight excluding hydrogens is 190 g/mol. The lowest BCUT2D eigenvalue weighted by molar-refractivity contribution is 0.0748. The Labute approximate surface area is 89.1 Å². The maximum atomic E-state index is 12.0. The third-order valence-electron chi connectivity index (χ3n) is 2.53. The highest BCUT2D eigenvalue weighted by Gasteiger charge is 2.32. The largest absolute Gasteiger partial charge is 0.334 e. The minimum atomic E-state index is 0.0519. The summed E-state index contributed by atoms with van der Waals surface area (Å²) in [5.41, 5.74) is 6.15. The van der Waals surface area contributed by atoms with E-state index in [1.165, 1.54) is 0 Å². The molecule has 1 aliphatic carbocycles. The molecule has 2 N–H and O–H groups in total. The highest BCUT2D eigenvalue weighted by atomic mass is 16.2. The van der Waals surface area contributed by atoms with E-state index in [-0.39, 0.29) is 5.91 Å². The number of hydrogen-bond donors (Lipinski definition) is 1. The maximum Gasteiger partial charge on any atom is 0.255 e. The van der Waals surface area contributed by atoms with Gasteiger partial charge in [0.1, 0.15) is 0 Å². The van der Waals surface area contributed by atoms with Gasteiger partial charge in [0, 0.05) is 31.5 Å². The SMILES string of the molecule is NCCN(C(=O)c1cccnc1)C1CC1. The second-order valence-corrected chi connectivity index (χ2v) is 3.76. The van der Waals surface area contributed by atoms with E-state index in [4.69, 9.17) is 5.73 Å². The molecule has 0 atom stereocenters. The van der Waals surface area contributed by atoms with Gasteiger partial charge in [0.05, 0.1) is 5.56 Å². The number of aromatic nitrogens is 1. The minimum Gasteiger partial charge on any atom is -0.334 e. The number of amides is 1. The van der Waals surface area contributed by atoms with Crippen LogP contribution in [0.3, 0.4) is 0 Å². The molecule has 80 valence electrons. The summed E-state index contributed by atoms with van der Waals surface area (Å²) in [5, 5.41) is 0. The topological polar surface area (TPSA) is 59.2 Å². The Kier molecular flexibility index (Phi) is 2.97. The molecule has 1 aliphatic rings. The van der Waals surface area contributed by atoms with Gasteiger partial charge >= 0.3 is 0 Å². The molecule has 0 bridgehead atoms. The van der Waals surface area contributed by atoms with Crippen LogP contribution in [0.2, 0.25) is 0 Å². The molecule has 1 aromatic rings. The van der Waals surface area contributed by atoms with Crippen molar-refractivity contribution in [2.75, 3.05) is 13.1 Å². The third kappa shape index (κ3) is 2.33. The number of hydrogen-bond acceptors (Lipinski definition) is 3. The van der Waals surface area contributed by atoms with Gasteiger partial charge in [-0.25, -0.2) is 0 Å². The van der Waals surface area contributed by atoms with Crippen LogP contribution in [0.5, 0.6) is 0 Å². The van der Waals surface area contributed by atoms with Crippen molar-refractivity contribution < 1.29 is 4.79 Å². The van der Waals surface area contributed by atoms with Gasteiger partial charge in [0.25, 0.3) is 5.91 Å². The van der Waals surface area contributed by atoms with Gasteiger partial charge in [-0.1, -0.05) is 0 Å². The van der Waals surface area contributed by atoms with Crippen molar-refractivity contribution >= 4 is 5.91 Å². The van der Waals surface area contributed by atoms with Crippen molar-refractivity contribution in [2.24, 2.45) is 5.73 Å². The number of carbonyl (C=O) groups is 1. The van der Waals surface area contributed by atoms with Crippen molar-refractivity contribution in [1.29, 1.82) is 0 Å². The van der Waals surface area contributed by atoms with Crippen LogP contribution in [0, 0.1) is 0 Å². The standard InChI is InChI=1S/C11H15N3O/c12-5-7-14(10-3-4-10)11(15)9-2-1-6-13-8-9/h1-2,6,8,10H,3-5,7,12H2. The summed E-state index contributed by atoms with van der Waals surface area (Å²) in [6, 6.07) is 3.98. The zero-order chi connectivity index (χ0) is 10.7. The molecule has 0 spiro atoms. The molecule has 1 aromatic heterocycles. The van der Waals surface area contributed by atoms with Gasteiger partial charge in [0.15, 0.2) is 0 Å². The van der Waals surface area contributed by atoms with Crippen molar-refractivity contribution in [2.45, 2.75) is 18.9 Å².